The number of hydrogen-bond donors (Lipinski definition) is 3. The molecule has 1 atom stereocenters. The lowest BCUT2D eigenvalue weighted by Gasteiger charge is -2.11. The van der Waals surface area contributed by atoms with Crippen molar-refractivity contribution >= 4 is 23.7 Å². The lowest BCUT2D eigenvalue weighted by Crippen LogP contribution is -2.34. The number of carbonyl (C=O) groups is 2. The predicted molar refractivity (Wildman–Crippen MR) is 94.6 cm³/mol. The van der Waals surface area contributed by atoms with Crippen LogP contribution in [0.1, 0.15) is 12.5 Å². The zero-order valence-electron chi connectivity index (χ0n) is 13.9. The van der Waals surface area contributed by atoms with Crippen molar-refractivity contribution < 1.29 is 19.4 Å². The third kappa shape index (κ3) is 5.35. The van der Waals surface area contributed by atoms with Gasteiger partial charge in [0.05, 0.1) is 13.3 Å². The first-order valence-electron chi connectivity index (χ1n) is 7.56. The van der Waals surface area contributed by atoms with Crippen LogP contribution in [0.4, 0.5) is 5.69 Å². The fourth-order valence-corrected chi connectivity index (χ4v) is 1.87. The molecule has 3 N–H and O–H groups in total. The van der Waals surface area contributed by atoms with Crippen LogP contribution < -0.4 is 15.5 Å². The molecule has 1 unspecified atom stereocenters. The van der Waals surface area contributed by atoms with Crippen LogP contribution in [0, 0.1) is 5.92 Å². The maximum atomic E-state index is 12.1. The number of phenolic OH excluding ortho intramolecular Hbond substituents is 1. The average Bonchev–Trinajstić information content (AvgIpc) is 2.63. The van der Waals surface area contributed by atoms with Gasteiger partial charge in [0.25, 0.3) is 5.91 Å². The normalized spacial score (nSPS) is 11.8. The van der Waals surface area contributed by atoms with Crippen molar-refractivity contribution in [1.82, 2.24) is 5.43 Å². The van der Waals surface area contributed by atoms with Crippen molar-refractivity contribution in [3.05, 3.63) is 54.1 Å². The third-order valence-electron chi connectivity index (χ3n) is 3.43. The van der Waals surface area contributed by atoms with Gasteiger partial charge in [-0.3, -0.25) is 9.59 Å². The van der Waals surface area contributed by atoms with Gasteiger partial charge in [0.15, 0.2) is 0 Å². The number of anilines is 1. The van der Waals surface area contributed by atoms with Crippen molar-refractivity contribution in [2.24, 2.45) is 11.0 Å². The summed E-state index contributed by atoms with van der Waals surface area (Å²) in [6.07, 6.45) is 1.42. The minimum atomic E-state index is -0.918. The Hall–Kier alpha value is -3.35. The van der Waals surface area contributed by atoms with Gasteiger partial charge in [-0.05, 0) is 61.0 Å². The first kappa shape index (κ1) is 18.0. The molecule has 0 aliphatic carbocycles. The molecule has 130 valence electrons. The molecule has 0 spiro atoms. The molecule has 2 amide bonds. The number of carbonyl (C=O) groups excluding carboxylic acids is 2. The second kappa shape index (κ2) is 8.49. The second-order valence-electron chi connectivity index (χ2n) is 5.27. The highest BCUT2D eigenvalue weighted by molar-refractivity contribution is 6.06. The van der Waals surface area contributed by atoms with E-state index in [2.05, 4.69) is 15.8 Å². The molecule has 2 aromatic rings. The van der Waals surface area contributed by atoms with Gasteiger partial charge in [-0.15, -0.1) is 0 Å². The van der Waals surface area contributed by atoms with E-state index >= 15 is 0 Å². The number of hydrazone groups is 1. The SMILES string of the molecule is COc1ccc(NC(=O)C(C)C(=O)NN=Cc2ccc(O)cc2)cc1. The average molecular weight is 341 g/mol. The smallest absolute Gasteiger partial charge is 0.252 e. The molecular weight excluding hydrogens is 322 g/mol. The Labute approximate surface area is 145 Å². The predicted octanol–water partition coefficient (Wildman–Crippen LogP) is 2.13. The van der Waals surface area contributed by atoms with Gasteiger partial charge < -0.3 is 15.2 Å². The minimum absolute atomic E-state index is 0.144. The van der Waals surface area contributed by atoms with Gasteiger partial charge in [0, 0.05) is 5.69 Å². The van der Waals surface area contributed by atoms with Crippen LogP contribution in [0.25, 0.3) is 0 Å². The molecule has 2 rings (SSSR count). The summed E-state index contributed by atoms with van der Waals surface area (Å²) in [5.74, 6) is -1.07. The van der Waals surface area contributed by atoms with Gasteiger partial charge in [0.2, 0.25) is 5.91 Å². The van der Waals surface area contributed by atoms with Crippen LogP contribution in [0.2, 0.25) is 0 Å². The topological polar surface area (TPSA) is 100 Å². The van der Waals surface area contributed by atoms with Crippen LogP contribution in [-0.4, -0.2) is 30.2 Å². The van der Waals surface area contributed by atoms with Crippen LogP contribution >= 0.6 is 0 Å². The van der Waals surface area contributed by atoms with Gasteiger partial charge in [-0.25, -0.2) is 5.43 Å². The summed E-state index contributed by atoms with van der Waals surface area (Å²) in [6.45, 7) is 1.49. The highest BCUT2D eigenvalue weighted by atomic mass is 16.5. The number of rotatable bonds is 6. The summed E-state index contributed by atoms with van der Waals surface area (Å²) in [5, 5.41) is 15.6. The largest absolute Gasteiger partial charge is 0.508 e. The van der Waals surface area contributed by atoms with E-state index in [1.54, 1.807) is 43.5 Å². The van der Waals surface area contributed by atoms with E-state index in [1.807, 2.05) is 0 Å². The molecule has 0 aliphatic heterocycles. The van der Waals surface area contributed by atoms with Crippen molar-refractivity contribution in [3.63, 3.8) is 0 Å². The Kier molecular flexibility index (Phi) is 6.11. The fourth-order valence-electron chi connectivity index (χ4n) is 1.87. The molecule has 7 nitrogen and oxygen atoms in total. The molecule has 0 saturated heterocycles. The molecule has 7 heteroatoms. The van der Waals surface area contributed by atoms with Gasteiger partial charge in [-0.2, -0.15) is 5.10 Å². The summed E-state index contributed by atoms with van der Waals surface area (Å²) >= 11 is 0. The van der Waals surface area contributed by atoms with Crippen molar-refractivity contribution in [2.75, 3.05) is 12.4 Å². The molecule has 0 fully saturated rings. The number of amides is 2. The Bertz CT molecular complexity index is 755. The summed E-state index contributed by atoms with van der Waals surface area (Å²) in [4.78, 5) is 24.1. The molecule has 0 heterocycles. The number of methoxy groups -OCH3 is 1. The van der Waals surface area contributed by atoms with E-state index in [0.29, 0.717) is 17.0 Å². The number of aromatic hydroxyl groups is 1. The monoisotopic (exact) mass is 341 g/mol. The van der Waals surface area contributed by atoms with Gasteiger partial charge in [0.1, 0.15) is 17.4 Å². The zero-order chi connectivity index (χ0) is 18.2. The van der Waals surface area contributed by atoms with Crippen LogP contribution in [0.3, 0.4) is 0 Å². The molecular formula is C18H19N3O4. The minimum Gasteiger partial charge on any atom is -0.508 e. The van der Waals surface area contributed by atoms with E-state index in [0.717, 1.165) is 0 Å². The molecule has 2 aromatic carbocycles. The fraction of sp³-hybridized carbons (Fsp3) is 0.167. The quantitative estimate of drug-likeness (QED) is 0.426. The molecule has 0 aliphatic rings. The van der Waals surface area contributed by atoms with Crippen LogP contribution in [-0.2, 0) is 9.59 Å². The van der Waals surface area contributed by atoms with Crippen molar-refractivity contribution in [1.29, 1.82) is 0 Å². The molecule has 0 aromatic heterocycles. The second-order valence-corrected chi connectivity index (χ2v) is 5.27. The number of hydrogen-bond acceptors (Lipinski definition) is 5. The van der Waals surface area contributed by atoms with Crippen molar-refractivity contribution in [2.45, 2.75) is 6.92 Å². The summed E-state index contributed by atoms with van der Waals surface area (Å²) in [7, 11) is 1.55. The first-order valence-corrected chi connectivity index (χ1v) is 7.56. The third-order valence-corrected chi connectivity index (χ3v) is 3.43. The van der Waals surface area contributed by atoms with Gasteiger partial charge in [-0.1, -0.05) is 0 Å². The maximum Gasteiger partial charge on any atom is 0.252 e. The van der Waals surface area contributed by atoms with E-state index in [4.69, 9.17) is 4.74 Å². The van der Waals surface area contributed by atoms with E-state index in [1.165, 1.54) is 25.3 Å². The van der Waals surface area contributed by atoms with Crippen molar-refractivity contribution in [3.8, 4) is 11.5 Å². The van der Waals surface area contributed by atoms with Crippen LogP contribution in [0.15, 0.2) is 53.6 Å². The summed E-state index contributed by atoms with van der Waals surface area (Å²) < 4.78 is 5.04. The Balaban J connectivity index is 1.87. The lowest BCUT2D eigenvalue weighted by molar-refractivity contribution is -0.131. The number of benzene rings is 2. The Morgan fingerprint density at radius 2 is 1.72 bits per heavy atom. The molecule has 25 heavy (non-hydrogen) atoms. The van der Waals surface area contributed by atoms with Gasteiger partial charge >= 0.3 is 0 Å². The number of nitrogens with one attached hydrogen (secondary N) is 2. The Morgan fingerprint density at radius 3 is 2.32 bits per heavy atom. The first-order chi connectivity index (χ1) is 12.0. The van der Waals surface area contributed by atoms with E-state index in [9.17, 15) is 14.7 Å². The van der Waals surface area contributed by atoms with E-state index < -0.39 is 17.7 Å². The number of nitrogens with zero attached hydrogens (tertiary/aromatic N) is 1. The zero-order valence-corrected chi connectivity index (χ0v) is 13.9. The number of phenols is 1. The standard InChI is InChI=1S/C18H19N3O4/c1-12(17(23)20-14-5-9-16(25-2)10-6-14)18(24)21-19-11-13-3-7-15(22)8-4-13/h3-12,22H,1-2H3,(H,20,23)(H,21,24). The summed E-state index contributed by atoms with van der Waals surface area (Å²) in [6, 6.07) is 13.1. The number of ether oxygens (including phenoxy) is 1. The maximum absolute atomic E-state index is 12.1. The van der Waals surface area contributed by atoms with Crippen LogP contribution in [0.5, 0.6) is 11.5 Å². The van der Waals surface area contributed by atoms with E-state index in [-0.39, 0.29) is 5.75 Å². The molecule has 0 saturated carbocycles. The molecule has 0 bridgehead atoms. The highest BCUT2D eigenvalue weighted by Crippen LogP contribution is 2.15. The summed E-state index contributed by atoms with van der Waals surface area (Å²) in [5.41, 5.74) is 3.59. The lowest BCUT2D eigenvalue weighted by atomic mass is 10.1. The molecule has 0 radical (unpaired) electrons. The highest BCUT2D eigenvalue weighted by Gasteiger charge is 2.21. The Morgan fingerprint density at radius 1 is 1.08 bits per heavy atom.